The first-order valence-corrected chi connectivity index (χ1v) is 39.7. The normalized spacial score (nSPS) is 10.8. The molecule has 18 aromatic rings. The monoisotopic (exact) mass is 1820 g/mol. The summed E-state index contributed by atoms with van der Waals surface area (Å²) in [5.74, 6) is 6.13. The largest absolute Gasteiger partial charge is 0.506 e. The minimum absolute atomic E-state index is 0.0124. The lowest BCUT2D eigenvalue weighted by Gasteiger charge is -2.13. The highest BCUT2D eigenvalue weighted by molar-refractivity contribution is 6.34. The van der Waals surface area contributed by atoms with E-state index in [1.165, 1.54) is 73.6 Å². The lowest BCUT2D eigenvalue weighted by molar-refractivity contribution is 0.475. The first kappa shape index (κ1) is 89.2. The fourth-order valence-corrected chi connectivity index (χ4v) is 13.3. The van der Waals surface area contributed by atoms with Crippen LogP contribution in [0.1, 0.15) is 40.0 Å². The third-order valence-electron chi connectivity index (χ3n) is 18.7. The Kier molecular flexibility index (Phi) is 27.3. The van der Waals surface area contributed by atoms with Gasteiger partial charge in [0.15, 0.2) is 34.9 Å². The number of aromatic amines is 1. The zero-order chi connectivity index (χ0) is 90.8. The molecule has 642 valence electrons. The van der Waals surface area contributed by atoms with Crippen LogP contribution < -0.4 is 34.4 Å². The number of anilines is 6. The first-order valence-electron chi connectivity index (χ1n) is 37.5. The van der Waals surface area contributed by atoms with E-state index in [0.29, 0.717) is 115 Å². The van der Waals surface area contributed by atoms with E-state index in [4.69, 9.17) is 104 Å². The van der Waals surface area contributed by atoms with E-state index < -0.39 is 0 Å². The summed E-state index contributed by atoms with van der Waals surface area (Å²) in [6, 6.07) is 29.2. The molecule has 127 heavy (non-hydrogen) atoms. The van der Waals surface area contributed by atoms with Gasteiger partial charge in [0.05, 0.1) is 90.1 Å². The Morgan fingerprint density at radius 3 is 1.02 bits per heavy atom. The van der Waals surface area contributed by atoms with Crippen molar-refractivity contribution in [1.29, 1.82) is 0 Å². The van der Waals surface area contributed by atoms with E-state index in [0.717, 1.165) is 67.8 Å². The van der Waals surface area contributed by atoms with Gasteiger partial charge >= 0.3 is 0 Å². The average Bonchev–Trinajstić information content (AvgIpc) is 1.67. The molecule has 36 nitrogen and oxygen atoms in total. The van der Waals surface area contributed by atoms with Crippen LogP contribution in [0.4, 0.5) is 34.9 Å². The maximum absolute atomic E-state index is 9.61. The molecule has 0 atom stereocenters. The Balaban J connectivity index is 0.000000130. The fraction of sp³-hybridized carbons (Fsp3) is 0.0824. The number of phenols is 6. The second kappa shape index (κ2) is 38.9. The van der Waals surface area contributed by atoms with Crippen molar-refractivity contribution in [3.63, 3.8) is 0 Å². The average molecular weight is 1820 g/mol. The molecule has 0 aliphatic heterocycles. The lowest BCUT2D eigenvalue weighted by Crippen LogP contribution is -2.08. The Hall–Kier alpha value is -15.6. The number of benzene rings is 6. The quantitative estimate of drug-likeness (QED) is 0.0540. The van der Waals surface area contributed by atoms with Crippen molar-refractivity contribution in [2.75, 3.05) is 34.4 Å². The number of H-pyrrole nitrogens is 1. The van der Waals surface area contributed by atoms with Crippen LogP contribution in [0.25, 0.3) is 108 Å². The van der Waals surface area contributed by atoms with Crippen molar-refractivity contribution in [2.45, 2.75) is 48.5 Å². The third kappa shape index (κ3) is 20.7. The number of aryl methyl sites for hydroxylation is 5. The SMILES string of the molecule is Cc1cn(-c2nc(N)cnc2-c2ccc(O)c(Cl)c2)cn1.Cc1cncn1-c1nc(N)cnc1-c1ccc(O)c(Cl)c1.Cc1nc(C)n(-c2nc(N)cnc2-c2ccc(O)c(Cl)c2)c1C.Cc1ncn(-c2nc(N)cnc2-c2ccc(O)c(Cl)c2)c1C.Nc1cnc(-c2ccc(O)c(Cl)c2)c(-c2ncc[nH]2)n1.Nc1cnc(-c2ccc(O)c(Cl)c2)c(-n2ccnc2)n1. The highest BCUT2D eigenvalue weighted by Gasteiger charge is 2.23. The predicted molar refractivity (Wildman–Crippen MR) is 488 cm³/mol. The molecule has 0 fully saturated rings. The number of nitrogens with zero attached hydrogens (tertiary/aromatic N) is 23. The summed E-state index contributed by atoms with van der Waals surface area (Å²) in [6.45, 7) is 13.5. The Bertz CT molecular complexity index is 6920. The second-order valence-corrected chi connectivity index (χ2v) is 30.0. The molecule has 18 rings (SSSR count). The summed E-state index contributed by atoms with van der Waals surface area (Å²) in [5.41, 5.74) is 48.5. The molecular weight excluding hydrogens is 1750 g/mol. The Labute approximate surface area is 752 Å². The van der Waals surface area contributed by atoms with Crippen molar-refractivity contribution in [2.24, 2.45) is 0 Å². The van der Waals surface area contributed by atoms with E-state index in [1.54, 1.807) is 143 Å². The van der Waals surface area contributed by atoms with Crippen molar-refractivity contribution < 1.29 is 30.6 Å². The first-order chi connectivity index (χ1) is 60.7. The number of nitrogen functional groups attached to an aromatic ring is 6. The van der Waals surface area contributed by atoms with Crippen molar-refractivity contribution in [1.82, 2.24) is 118 Å². The summed E-state index contributed by atoms with van der Waals surface area (Å²) < 4.78 is 8.98. The number of hydrogen-bond donors (Lipinski definition) is 13. The summed E-state index contributed by atoms with van der Waals surface area (Å²) in [5, 5.41) is 58.7. The number of phenolic OH excluding ortho intramolecular Hbond substituents is 6. The van der Waals surface area contributed by atoms with E-state index in [1.807, 2.05) is 63.8 Å². The van der Waals surface area contributed by atoms with Crippen LogP contribution in [-0.4, -0.2) is 148 Å². The smallest absolute Gasteiger partial charge is 0.167 e. The van der Waals surface area contributed by atoms with Gasteiger partial charge in [-0.05, 0) is 158 Å². The number of aromatic nitrogens is 24. The predicted octanol–water partition coefficient (Wildman–Crippen LogP) is 16.0. The topological polar surface area (TPSA) is 550 Å². The van der Waals surface area contributed by atoms with Gasteiger partial charge in [-0.3, -0.25) is 22.8 Å². The Morgan fingerprint density at radius 1 is 0.315 bits per heavy atom. The fourth-order valence-electron chi connectivity index (χ4n) is 12.2. The van der Waals surface area contributed by atoms with Crippen LogP contribution in [-0.2, 0) is 0 Å². The van der Waals surface area contributed by atoms with E-state index in [2.05, 4.69) is 94.7 Å². The van der Waals surface area contributed by atoms with Gasteiger partial charge in [-0.2, -0.15) is 0 Å². The number of nitrogens with one attached hydrogen (secondary N) is 1. The molecule has 0 saturated carbocycles. The van der Waals surface area contributed by atoms with Gasteiger partial charge in [-0.15, -0.1) is 0 Å². The molecule has 0 amide bonds. The van der Waals surface area contributed by atoms with Crippen LogP contribution in [0.2, 0.25) is 30.1 Å². The summed E-state index contributed by atoms with van der Waals surface area (Å²) in [4.78, 5) is 80.2. The molecule has 0 radical (unpaired) electrons. The summed E-state index contributed by atoms with van der Waals surface area (Å²) in [7, 11) is 0. The minimum atomic E-state index is 0.0124. The molecule has 0 bridgehead atoms. The standard InChI is InChI=1S/C16H16ClN5O.C15H14ClN5O.2C14H12ClN5O.2C13H10ClN5O/c1-8-9(2)22(10(3)20-8)16-15(19-7-14(18)21-16)11-4-5-13(23)12(17)6-11;1-8-9(2)21(7-19-8)15-14(18-6-13(17)20-15)10-3-4-12(22)11(16)5-10;1-8-6-20(7-18-8)14-13(17-5-12(16)19-14)9-2-3-11(21)10(15)4-9;1-8-5-17-7-20(8)14-13(18-6-12(16)19-14)9-2-3-11(21)10(15)4-9;14-9-5-8(1-2-10(9)20)12-13(18-11(15)6-17-12)19-4-3-16-7-19;14-8-5-7(1-2-9(8)20)11-12(13-16-3-4-17-13)19-10(15)6-18-11/h4-7,23H,1-3H3,(H2,18,21);3-7,22H,1-2H3,(H2,17,20);2*2-7,21H,1H3,(H2,16,19);1-7,20H,(H2,15,18);1-6,20H,(H2,15,19)(H,16,17). The van der Waals surface area contributed by atoms with E-state index >= 15 is 0 Å². The molecule has 0 aliphatic carbocycles. The van der Waals surface area contributed by atoms with Crippen molar-refractivity contribution in [3.05, 3.63) is 279 Å². The van der Waals surface area contributed by atoms with E-state index in [9.17, 15) is 30.6 Å². The molecule has 12 heterocycles. The van der Waals surface area contributed by atoms with Gasteiger partial charge in [0, 0.05) is 87.6 Å². The van der Waals surface area contributed by atoms with Crippen LogP contribution in [0, 0.1) is 48.5 Å². The maximum atomic E-state index is 9.61. The minimum Gasteiger partial charge on any atom is -0.506 e. The van der Waals surface area contributed by atoms with Gasteiger partial charge in [0.2, 0.25) is 0 Å². The molecular formula is C85H74Cl6N30O6. The summed E-state index contributed by atoms with van der Waals surface area (Å²) >= 11 is 35.8. The third-order valence-corrected chi connectivity index (χ3v) is 20.5. The molecule has 0 unspecified atom stereocenters. The maximum Gasteiger partial charge on any atom is 0.167 e. The number of nitrogens with two attached hydrogens (primary N) is 6. The molecule has 0 spiro atoms. The molecule has 42 heteroatoms. The zero-order valence-electron chi connectivity index (χ0n) is 67.8. The van der Waals surface area contributed by atoms with Gasteiger partial charge in [0.25, 0.3) is 0 Å². The van der Waals surface area contributed by atoms with Crippen LogP contribution in [0.5, 0.6) is 34.5 Å². The van der Waals surface area contributed by atoms with E-state index in [-0.39, 0.29) is 64.6 Å². The molecule has 19 N–H and O–H groups in total. The highest BCUT2D eigenvalue weighted by Crippen LogP contribution is 2.39. The Morgan fingerprint density at radius 2 is 0.685 bits per heavy atom. The molecule has 6 aromatic carbocycles. The number of aromatic hydroxyl groups is 6. The second-order valence-electron chi connectivity index (χ2n) is 27.5. The van der Waals surface area contributed by atoms with Crippen LogP contribution >= 0.6 is 69.6 Å². The van der Waals surface area contributed by atoms with Crippen LogP contribution in [0.15, 0.2) is 209 Å². The van der Waals surface area contributed by atoms with Crippen LogP contribution in [0.3, 0.4) is 0 Å². The van der Waals surface area contributed by atoms with Gasteiger partial charge in [-0.1, -0.05) is 69.6 Å². The van der Waals surface area contributed by atoms with Gasteiger partial charge in [0.1, 0.15) is 135 Å². The number of rotatable bonds is 12. The number of halogens is 6. The molecule has 0 saturated heterocycles. The number of imidazole rings is 6. The van der Waals surface area contributed by atoms with Crippen molar-refractivity contribution in [3.8, 4) is 143 Å². The number of hydrogen-bond acceptors (Lipinski definition) is 30. The van der Waals surface area contributed by atoms with Gasteiger partial charge in [-0.25, -0.2) is 89.7 Å². The summed E-state index contributed by atoms with van der Waals surface area (Å²) in [6.07, 6.45) is 25.7. The van der Waals surface area contributed by atoms with Gasteiger partial charge < -0.3 is 70.0 Å². The van der Waals surface area contributed by atoms with Crippen molar-refractivity contribution >= 4 is 105 Å². The molecule has 12 aromatic heterocycles. The molecule has 0 aliphatic rings. The highest BCUT2D eigenvalue weighted by atomic mass is 35.5. The zero-order valence-corrected chi connectivity index (χ0v) is 72.4. The lowest BCUT2D eigenvalue weighted by atomic mass is 10.1.